The molecule has 0 aliphatic heterocycles. The highest BCUT2D eigenvalue weighted by Gasteiger charge is 2.17. The highest BCUT2D eigenvalue weighted by Crippen LogP contribution is 2.21. The second-order valence-electron chi connectivity index (χ2n) is 4.62. The molecule has 7 heteroatoms. The van der Waals surface area contributed by atoms with Crippen molar-refractivity contribution in [2.45, 2.75) is 18.2 Å². The third-order valence-electron chi connectivity index (χ3n) is 3.18. The number of carbonyl (C=O) groups is 1. The normalized spacial score (nSPS) is 11.0. The summed E-state index contributed by atoms with van der Waals surface area (Å²) < 4.78 is 27.5. The molecule has 0 spiro atoms. The summed E-state index contributed by atoms with van der Waals surface area (Å²) in [5, 5.41) is 0. The topological polar surface area (TPSA) is 101 Å². The molecule has 4 N–H and O–H groups in total. The maximum absolute atomic E-state index is 12.5. The van der Waals surface area contributed by atoms with E-state index in [9.17, 15) is 13.2 Å². The molecule has 0 radical (unpaired) electrons. The van der Waals surface area contributed by atoms with E-state index in [1.807, 2.05) is 24.5 Å². The molecule has 2 aromatic carbocycles. The number of para-hydroxylation sites is 1. The number of nitrogen functional groups attached to an aromatic ring is 1. The summed E-state index contributed by atoms with van der Waals surface area (Å²) in [5.41, 5.74) is 3.57. The van der Waals surface area contributed by atoms with E-state index in [2.05, 4.69) is 4.72 Å². The highest BCUT2D eigenvalue weighted by atomic mass is 32.2. The van der Waals surface area contributed by atoms with E-state index in [-0.39, 0.29) is 10.5 Å². The summed E-state index contributed by atoms with van der Waals surface area (Å²) >= 11 is 0. The van der Waals surface area contributed by atoms with Gasteiger partial charge in [-0.25, -0.2) is 14.3 Å². The van der Waals surface area contributed by atoms with Crippen LogP contribution in [0.1, 0.15) is 22.8 Å². The van der Waals surface area contributed by atoms with Crippen molar-refractivity contribution in [1.82, 2.24) is 5.43 Å². The molecule has 6 nitrogen and oxygen atoms in total. The van der Waals surface area contributed by atoms with Gasteiger partial charge in [-0.05, 0) is 36.2 Å². The van der Waals surface area contributed by atoms with Crippen molar-refractivity contribution in [2.75, 3.05) is 4.72 Å². The van der Waals surface area contributed by atoms with Crippen LogP contribution in [0.3, 0.4) is 0 Å². The zero-order valence-corrected chi connectivity index (χ0v) is 12.9. The number of sulfonamides is 1. The maximum atomic E-state index is 12.5. The molecule has 116 valence electrons. The first kappa shape index (κ1) is 16.0. The van der Waals surface area contributed by atoms with Crippen molar-refractivity contribution in [3.8, 4) is 0 Å². The minimum absolute atomic E-state index is 0.000457. The van der Waals surface area contributed by atoms with Gasteiger partial charge in [0, 0.05) is 5.56 Å². The molecule has 0 aliphatic rings. The number of anilines is 1. The Labute approximate surface area is 129 Å². The predicted molar refractivity (Wildman–Crippen MR) is 84.7 cm³/mol. The first-order valence-electron chi connectivity index (χ1n) is 6.69. The van der Waals surface area contributed by atoms with Gasteiger partial charge in [-0.3, -0.25) is 14.9 Å². The molecule has 22 heavy (non-hydrogen) atoms. The van der Waals surface area contributed by atoms with Gasteiger partial charge in [0.1, 0.15) is 0 Å². The predicted octanol–water partition coefficient (Wildman–Crippen LogP) is 1.65. The monoisotopic (exact) mass is 319 g/mol. The summed E-state index contributed by atoms with van der Waals surface area (Å²) in [6, 6.07) is 12.8. The molecule has 0 fully saturated rings. The largest absolute Gasteiger partial charge is 0.290 e. The molecule has 0 bridgehead atoms. The second kappa shape index (κ2) is 6.59. The molecule has 1 amide bonds. The van der Waals surface area contributed by atoms with E-state index >= 15 is 0 Å². The molecule has 0 saturated heterocycles. The number of aryl methyl sites for hydroxylation is 1. The highest BCUT2D eigenvalue weighted by molar-refractivity contribution is 7.92. The van der Waals surface area contributed by atoms with Crippen LogP contribution in [0.25, 0.3) is 0 Å². The van der Waals surface area contributed by atoms with Gasteiger partial charge in [-0.2, -0.15) is 0 Å². The van der Waals surface area contributed by atoms with Crippen molar-refractivity contribution < 1.29 is 13.2 Å². The minimum atomic E-state index is -3.78. The molecule has 0 atom stereocenters. The van der Waals surface area contributed by atoms with Gasteiger partial charge < -0.3 is 0 Å². The molecule has 0 saturated carbocycles. The van der Waals surface area contributed by atoms with Crippen LogP contribution in [0.5, 0.6) is 0 Å². The third-order valence-corrected chi connectivity index (χ3v) is 4.54. The lowest BCUT2D eigenvalue weighted by Gasteiger charge is -2.12. The summed E-state index contributed by atoms with van der Waals surface area (Å²) in [6.45, 7) is 1.94. The number of hydrogen-bond donors (Lipinski definition) is 3. The average Bonchev–Trinajstić information content (AvgIpc) is 2.54. The fourth-order valence-corrected chi connectivity index (χ4v) is 3.17. The standard InChI is InChI=1S/C15H17N3O3S/c1-2-11-6-3-4-9-14(11)18-22(20,21)13-8-5-7-12(10-13)15(19)17-16/h3-10,18H,2,16H2,1H3,(H,17,19). The Balaban J connectivity index is 2.37. The number of hydrogen-bond acceptors (Lipinski definition) is 4. The van der Waals surface area contributed by atoms with Crippen LogP contribution in [0.2, 0.25) is 0 Å². The zero-order chi connectivity index (χ0) is 16.2. The van der Waals surface area contributed by atoms with Crippen LogP contribution in [0.15, 0.2) is 53.4 Å². The number of nitrogens with one attached hydrogen (secondary N) is 2. The van der Waals surface area contributed by atoms with Crippen molar-refractivity contribution in [3.63, 3.8) is 0 Å². The second-order valence-corrected chi connectivity index (χ2v) is 6.30. The van der Waals surface area contributed by atoms with Gasteiger partial charge in [0.15, 0.2) is 0 Å². The van der Waals surface area contributed by atoms with E-state index in [0.717, 1.165) is 5.56 Å². The Hall–Kier alpha value is -2.38. The smallest absolute Gasteiger partial charge is 0.265 e. The van der Waals surface area contributed by atoms with Crippen LogP contribution in [-0.4, -0.2) is 14.3 Å². The zero-order valence-electron chi connectivity index (χ0n) is 12.0. The quantitative estimate of drug-likeness (QED) is 0.443. The molecular weight excluding hydrogens is 302 g/mol. The van der Waals surface area contributed by atoms with E-state index in [4.69, 9.17) is 5.84 Å². The molecule has 2 rings (SSSR count). The fraction of sp³-hybridized carbons (Fsp3) is 0.133. The Bertz CT molecular complexity index is 788. The van der Waals surface area contributed by atoms with Gasteiger partial charge in [-0.1, -0.05) is 31.2 Å². The molecule has 2 aromatic rings. The van der Waals surface area contributed by atoms with Gasteiger partial charge in [0.25, 0.3) is 15.9 Å². The van der Waals surface area contributed by atoms with Gasteiger partial charge in [0.2, 0.25) is 0 Å². The number of benzene rings is 2. The van der Waals surface area contributed by atoms with Crippen LogP contribution in [0, 0.1) is 0 Å². The summed E-state index contributed by atoms with van der Waals surface area (Å²) in [4.78, 5) is 11.5. The Kier molecular flexibility index (Phi) is 4.79. The van der Waals surface area contributed by atoms with Crippen molar-refractivity contribution >= 4 is 21.6 Å². The Morgan fingerprint density at radius 1 is 1.14 bits per heavy atom. The van der Waals surface area contributed by atoms with Crippen LogP contribution in [-0.2, 0) is 16.4 Å². The molecule has 0 unspecified atom stereocenters. The van der Waals surface area contributed by atoms with Crippen LogP contribution >= 0.6 is 0 Å². The fourth-order valence-electron chi connectivity index (χ4n) is 2.02. The van der Waals surface area contributed by atoms with E-state index < -0.39 is 15.9 Å². The number of carbonyl (C=O) groups excluding carboxylic acids is 1. The number of amides is 1. The van der Waals surface area contributed by atoms with Gasteiger partial charge in [0.05, 0.1) is 10.6 Å². The van der Waals surface area contributed by atoms with Crippen molar-refractivity contribution in [2.24, 2.45) is 5.84 Å². The van der Waals surface area contributed by atoms with Crippen LogP contribution < -0.4 is 16.0 Å². The lowest BCUT2D eigenvalue weighted by molar-refractivity contribution is 0.0953. The summed E-state index contributed by atoms with van der Waals surface area (Å²) in [6.07, 6.45) is 0.703. The molecule has 0 aromatic heterocycles. The van der Waals surface area contributed by atoms with E-state index in [1.54, 1.807) is 12.1 Å². The summed E-state index contributed by atoms with van der Waals surface area (Å²) in [7, 11) is -3.78. The molecule has 0 heterocycles. The number of rotatable bonds is 5. The van der Waals surface area contributed by atoms with Crippen LogP contribution in [0.4, 0.5) is 5.69 Å². The first-order valence-corrected chi connectivity index (χ1v) is 8.18. The van der Waals surface area contributed by atoms with Gasteiger partial charge in [-0.15, -0.1) is 0 Å². The van der Waals surface area contributed by atoms with E-state index in [1.165, 1.54) is 24.3 Å². The molecule has 0 aliphatic carbocycles. The average molecular weight is 319 g/mol. The number of hydrazine groups is 1. The SMILES string of the molecule is CCc1ccccc1NS(=O)(=O)c1cccc(C(=O)NN)c1. The summed E-state index contributed by atoms with van der Waals surface area (Å²) in [5.74, 6) is 4.51. The van der Waals surface area contributed by atoms with E-state index in [0.29, 0.717) is 12.1 Å². The van der Waals surface area contributed by atoms with Crippen molar-refractivity contribution in [1.29, 1.82) is 0 Å². The first-order chi connectivity index (χ1) is 10.5. The lowest BCUT2D eigenvalue weighted by atomic mass is 10.1. The third kappa shape index (κ3) is 3.44. The Morgan fingerprint density at radius 3 is 2.55 bits per heavy atom. The molecular formula is C15H17N3O3S. The lowest BCUT2D eigenvalue weighted by Crippen LogP contribution is -2.30. The maximum Gasteiger partial charge on any atom is 0.265 e. The Morgan fingerprint density at radius 2 is 1.86 bits per heavy atom. The van der Waals surface area contributed by atoms with Crippen molar-refractivity contribution in [3.05, 3.63) is 59.7 Å². The number of nitrogens with two attached hydrogens (primary N) is 1. The minimum Gasteiger partial charge on any atom is -0.290 e. The van der Waals surface area contributed by atoms with Gasteiger partial charge >= 0.3 is 0 Å².